The van der Waals surface area contributed by atoms with Crippen LogP contribution in [0, 0.1) is 5.92 Å². The van der Waals surface area contributed by atoms with Crippen molar-refractivity contribution in [1.82, 2.24) is 10.6 Å². The Balaban J connectivity index is 1.87. The fourth-order valence-corrected chi connectivity index (χ4v) is 3.48. The molecule has 2 rings (SSSR count). The molecule has 1 aliphatic heterocycles. The molecule has 2 atom stereocenters. The Labute approximate surface area is 105 Å². The summed E-state index contributed by atoms with van der Waals surface area (Å²) in [7, 11) is 0. The molecule has 0 amide bonds. The molecule has 1 saturated heterocycles. The van der Waals surface area contributed by atoms with Gasteiger partial charge in [0, 0.05) is 12.1 Å². The van der Waals surface area contributed by atoms with Crippen molar-refractivity contribution in [2.45, 2.75) is 70.1 Å². The van der Waals surface area contributed by atoms with Crippen molar-refractivity contribution in [3.63, 3.8) is 0 Å². The SMILES string of the molecule is CCNC1CCC(O)(C2CC(C)CCN2)CC1. The molecule has 17 heavy (non-hydrogen) atoms. The molecule has 2 aliphatic rings. The van der Waals surface area contributed by atoms with Gasteiger partial charge in [0.05, 0.1) is 5.60 Å². The number of piperidine rings is 1. The maximum absolute atomic E-state index is 10.8. The van der Waals surface area contributed by atoms with Crippen LogP contribution in [0.2, 0.25) is 0 Å². The summed E-state index contributed by atoms with van der Waals surface area (Å²) in [4.78, 5) is 0. The molecule has 0 aromatic heterocycles. The first-order chi connectivity index (χ1) is 8.14. The number of nitrogens with one attached hydrogen (secondary N) is 2. The van der Waals surface area contributed by atoms with Crippen LogP contribution in [0.25, 0.3) is 0 Å². The van der Waals surface area contributed by atoms with Crippen molar-refractivity contribution < 1.29 is 5.11 Å². The zero-order valence-corrected chi connectivity index (χ0v) is 11.3. The minimum atomic E-state index is -0.444. The minimum absolute atomic E-state index is 0.328. The lowest BCUT2D eigenvalue weighted by Gasteiger charge is -2.45. The van der Waals surface area contributed by atoms with Gasteiger partial charge in [-0.2, -0.15) is 0 Å². The van der Waals surface area contributed by atoms with E-state index in [1.807, 2.05) is 0 Å². The highest BCUT2D eigenvalue weighted by Crippen LogP contribution is 2.35. The van der Waals surface area contributed by atoms with Crippen molar-refractivity contribution in [3.05, 3.63) is 0 Å². The van der Waals surface area contributed by atoms with Gasteiger partial charge < -0.3 is 15.7 Å². The fourth-order valence-electron chi connectivity index (χ4n) is 3.48. The lowest BCUT2D eigenvalue weighted by molar-refractivity contribution is -0.0479. The molecule has 3 N–H and O–H groups in total. The first-order valence-corrected chi connectivity index (χ1v) is 7.33. The minimum Gasteiger partial charge on any atom is -0.388 e. The van der Waals surface area contributed by atoms with Gasteiger partial charge in [-0.15, -0.1) is 0 Å². The van der Waals surface area contributed by atoms with Crippen molar-refractivity contribution in [3.8, 4) is 0 Å². The molecule has 2 unspecified atom stereocenters. The van der Waals surface area contributed by atoms with Crippen LogP contribution in [0.1, 0.15) is 52.4 Å². The van der Waals surface area contributed by atoms with E-state index < -0.39 is 5.60 Å². The second kappa shape index (κ2) is 5.68. The predicted molar refractivity (Wildman–Crippen MR) is 71.1 cm³/mol. The van der Waals surface area contributed by atoms with Gasteiger partial charge in [-0.1, -0.05) is 13.8 Å². The predicted octanol–water partition coefficient (Wildman–Crippen LogP) is 1.66. The van der Waals surface area contributed by atoms with E-state index in [0.717, 1.165) is 51.1 Å². The van der Waals surface area contributed by atoms with Crippen LogP contribution in [-0.2, 0) is 0 Å². The zero-order chi connectivity index (χ0) is 12.3. The molecule has 0 spiro atoms. The average molecular weight is 240 g/mol. The van der Waals surface area contributed by atoms with Gasteiger partial charge in [-0.25, -0.2) is 0 Å². The molecule has 1 heterocycles. The van der Waals surface area contributed by atoms with E-state index in [9.17, 15) is 5.11 Å². The molecule has 2 fully saturated rings. The normalized spacial score (nSPS) is 43.6. The van der Waals surface area contributed by atoms with Gasteiger partial charge >= 0.3 is 0 Å². The van der Waals surface area contributed by atoms with E-state index in [-0.39, 0.29) is 0 Å². The van der Waals surface area contributed by atoms with Gasteiger partial charge in [0.15, 0.2) is 0 Å². The molecular weight excluding hydrogens is 212 g/mol. The van der Waals surface area contributed by atoms with E-state index in [1.165, 1.54) is 6.42 Å². The monoisotopic (exact) mass is 240 g/mol. The summed E-state index contributed by atoms with van der Waals surface area (Å²) >= 11 is 0. The van der Waals surface area contributed by atoms with Gasteiger partial charge in [0.1, 0.15) is 0 Å². The van der Waals surface area contributed by atoms with Crippen molar-refractivity contribution in [2.75, 3.05) is 13.1 Å². The Morgan fingerprint density at radius 3 is 2.59 bits per heavy atom. The summed E-state index contributed by atoms with van der Waals surface area (Å²) < 4.78 is 0. The number of aliphatic hydroxyl groups is 1. The Kier molecular flexibility index (Phi) is 4.45. The largest absolute Gasteiger partial charge is 0.388 e. The van der Waals surface area contributed by atoms with Crippen LogP contribution in [0.3, 0.4) is 0 Å². The van der Waals surface area contributed by atoms with E-state index >= 15 is 0 Å². The second-order valence-electron chi connectivity index (χ2n) is 6.07. The van der Waals surface area contributed by atoms with E-state index in [1.54, 1.807) is 0 Å². The fraction of sp³-hybridized carbons (Fsp3) is 1.00. The molecule has 1 aliphatic carbocycles. The molecule has 3 nitrogen and oxygen atoms in total. The Morgan fingerprint density at radius 2 is 2.00 bits per heavy atom. The third kappa shape index (κ3) is 3.21. The average Bonchev–Trinajstić information content (AvgIpc) is 2.33. The Hall–Kier alpha value is -0.120. The van der Waals surface area contributed by atoms with E-state index in [0.29, 0.717) is 12.1 Å². The zero-order valence-electron chi connectivity index (χ0n) is 11.3. The molecule has 3 heteroatoms. The van der Waals surface area contributed by atoms with Crippen LogP contribution in [0.4, 0.5) is 0 Å². The van der Waals surface area contributed by atoms with Crippen LogP contribution in [0.15, 0.2) is 0 Å². The molecule has 100 valence electrons. The molecule has 0 aromatic carbocycles. The van der Waals surface area contributed by atoms with Crippen LogP contribution in [0.5, 0.6) is 0 Å². The third-order valence-electron chi connectivity index (χ3n) is 4.66. The molecule has 1 saturated carbocycles. The summed E-state index contributed by atoms with van der Waals surface area (Å²) in [6.45, 7) is 6.58. The number of hydrogen-bond acceptors (Lipinski definition) is 3. The first kappa shape index (κ1) is 13.3. The summed E-state index contributed by atoms with van der Waals surface area (Å²) in [5, 5.41) is 17.8. The van der Waals surface area contributed by atoms with Crippen LogP contribution < -0.4 is 10.6 Å². The Morgan fingerprint density at radius 1 is 1.29 bits per heavy atom. The lowest BCUT2D eigenvalue weighted by Crippen LogP contribution is -2.56. The van der Waals surface area contributed by atoms with Crippen molar-refractivity contribution >= 4 is 0 Å². The summed E-state index contributed by atoms with van der Waals surface area (Å²) in [5.74, 6) is 0.761. The molecule has 0 radical (unpaired) electrons. The first-order valence-electron chi connectivity index (χ1n) is 7.33. The number of hydrogen-bond donors (Lipinski definition) is 3. The van der Waals surface area contributed by atoms with Gasteiger partial charge in [0.25, 0.3) is 0 Å². The smallest absolute Gasteiger partial charge is 0.0801 e. The van der Waals surface area contributed by atoms with E-state index in [4.69, 9.17) is 0 Å². The second-order valence-corrected chi connectivity index (χ2v) is 6.07. The quantitative estimate of drug-likeness (QED) is 0.703. The maximum atomic E-state index is 10.8. The third-order valence-corrected chi connectivity index (χ3v) is 4.66. The Bertz CT molecular complexity index is 236. The van der Waals surface area contributed by atoms with Gasteiger partial charge in [-0.3, -0.25) is 0 Å². The molecule has 0 bridgehead atoms. The summed E-state index contributed by atoms with van der Waals surface area (Å²) in [5.41, 5.74) is -0.444. The van der Waals surface area contributed by atoms with Crippen LogP contribution >= 0.6 is 0 Å². The molecular formula is C14H28N2O. The molecule has 0 aromatic rings. The highest BCUT2D eigenvalue weighted by molar-refractivity contribution is 4.98. The van der Waals surface area contributed by atoms with Gasteiger partial charge in [-0.05, 0) is 57.5 Å². The summed E-state index contributed by atoms with van der Waals surface area (Å²) in [6, 6.07) is 0.954. The maximum Gasteiger partial charge on any atom is 0.0801 e. The van der Waals surface area contributed by atoms with Crippen LogP contribution in [-0.4, -0.2) is 35.9 Å². The van der Waals surface area contributed by atoms with Crippen molar-refractivity contribution in [2.24, 2.45) is 5.92 Å². The van der Waals surface area contributed by atoms with Crippen molar-refractivity contribution in [1.29, 1.82) is 0 Å². The van der Waals surface area contributed by atoms with Gasteiger partial charge in [0.2, 0.25) is 0 Å². The number of rotatable bonds is 3. The lowest BCUT2D eigenvalue weighted by atomic mass is 9.73. The van der Waals surface area contributed by atoms with E-state index in [2.05, 4.69) is 24.5 Å². The summed E-state index contributed by atoms with van der Waals surface area (Å²) in [6.07, 6.45) is 6.55. The topological polar surface area (TPSA) is 44.3 Å². The highest BCUT2D eigenvalue weighted by Gasteiger charge is 2.41. The standard InChI is InChI=1S/C14H28N2O/c1-3-15-12-4-7-14(17,8-5-12)13-10-11(2)6-9-16-13/h11-13,15-17H,3-10H2,1-2H3. The highest BCUT2D eigenvalue weighted by atomic mass is 16.3.